The van der Waals surface area contributed by atoms with Gasteiger partial charge >= 0.3 is 5.69 Å². The van der Waals surface area contributed by atoms with E-state index in [1.54, 1.807) is 11.7 Å². The first-order valence-corrected chi connectivity index (χ1v) is 9.85. The minimum atomic E-state index is -0.342. The molecule has 1 aromatic heterocycles. The second kappa shape index (κ2) is 8.60. The van der Waals surface area contributed by atoms with Gasteiger partial charge in [-0.1, -0.05) is 19.1 Å². The van der Waals surface area contributed by atoms with Crippen LogP contribution in [0.15, 0.2) is 18.2 Å². The Kier molecular flexibility index (Phi) is 6.17. The van der Waals surface area contributed by atoms with Crippen molar-refractivity contribution in [2.45, 2.75) is 27.2 Å². The fraction of sp³-hybridized carbons (Fsp3) is 0.500. The van der Waals surface area contributed by atoms with E-state index < -0.39 is 0 Å². The zero-order chi connectivity index (χ0) is 21.1. The Bertz CT molecular complexity index is 915. The number of nitrogens with one attached hydrogen (secondary N) is 1. The lowest BCUT2D eigenvalue weighted by Crippen LogP contribution is -2.49. The molecule has 0 spiro atoms. The molecule has 0 radical (unpaired) electrons. The first-order chi connectivity index (χ1) is 13.8. The van der Waals surface area contributed by atoms with Crippen LogP contribution in [0, 0.1) is 24.0 Å². The maximum absolute atomic E-state index is 12.5. The van der Waals surface area contributed by atoms with Gasteiger partial charge in [0.05, 0.1) is 11.5 Å². The van der Waals surface area contributed by atoms with E-state index in [0.29, 0.717) is 50.7 Å². The zero-order valence-corrected chi connectivity index (χ0v) is 17.4. The minimum Gasteiger partial charge on any atom is -0.349 e. The molecule has 0 unspecified atom stereocenters. The van der Waals surface area contributed by atoms with Crippen molar-refractivity contribution >= 4 is 23.1 Å². The van der Waals surface area contributed by atoms with E-state index in [-0.39, 0.29) is 16.5 Å². The first kappa shape index (κ1) is 20.8. The molecule has 0 bridgehead atoms. The van der Waals surface area contributed by atoms with Crippen molar-refractivity contribution in [1.29, 1.82) is 0 Å². The van der Waals surface area contributed by atoms with Gasteiger partial charge in [-0.2, -0.15) is 5.10 Å². The standard InChI is InChI=1S/C20H28N6O3/c1-5-16-19(26(28)29)20(23(4)22-16)25-11-9-24(10-12-25)13-18(27)21-17-8-6-7-14(2)15(17)3/h6-8H,5,9-13H2,1-4H3,(H,21,27). The van der Waals surface area contributed by atoms with Crippen LogP contribution in [0.3, 0.4) is 0 Å². The van der Waals surface area contributed by atoms with Crippen LogP contribution in [-0.2, 0) is 18.3 Å². The third kappa shape index (κ3) is 4.40. The van der Waals surface area contributed by atoms with Gasteiger partial charge in [-0.05, 0) is 37.5 Å². The van der Waals surface area contributed by atoms with Gasteiger partial charge in [-0.25, -0.2) is 4.68 Å². The van der Waals surface area contributed by atoms with Gasteiger partial charge in [-0.3, -0.25) is 19.8 Å². The number of carbonyl (C=O) groups excluding carboxylic acids is 1. The molecular weight excluding hydrogens is 372 g/mol. The number of rotatable bonds is 6. The van der Waals surface area contributed by atoms with Gasteiger partial charge in [0.2, 0.25) is 11.7 Å². The molecule has 1 fully saturated rings. The molecular formula is C20H28N6O3. The lowest BCUT2D eigenvalue weighted by Gasteiger charge is -2.34. The first-order valence-electron chi connectivity index (χ1n) is 9.85. The lowest BCUT2D eigenvalue weighted by atomic mass is 10.1. The van der Waals surface area contributed by atoms with Gasteiger partial charge in [-0.15, -0.1) is 0 Å². The summed E-state index contributed by atoms with van der Waals surface area (Å²) in [7, 11) is 1.74. The number of aryl methyl sites for hydroxylation is 3. The van der Waals surface area contributed by atoms with Crippen LogP contribution >= 0.6 is 0 Å². The van der Waals surface area contributed by atoms with E-state index in [2.05, 4.69) is 15.3 Å². The summed E-state index contributed by atoms with van der Waals surface area (Å²) in [6, 6.07) is 5.86. The van der Waals surface area contributed by atoms with E-state index in [0.717, 1.165) is 16.8 Å². The fourth-order valence-corrected chi connectivity index (χ4v) is 3.73. The molecule has 2 heterocycles. The highest BCUT2D eigenvalue weighted by atomic mass is 16.6. The molecule has 0 saturated carbocycles. The Labute approximate surface area is 170 Å². The summed E-state index contributed by atoms with van der Waals surface area (Å²) in [5.41, 5.74) is 3.65. The van der Waals surface area contributed by atoms with E-state index >= 15 is 0 Å². The van der Waals surface area contributed by atoms with Gasteiger partial charge in [0.25, 0.3) is 0 Å². The number of carbonyl (C=O) groups is 1. The molecule has 0 aliphatic carbocycles. The second-order valence-corrected chi connectivity index (χ2v) is 7.41. The van der Waals surface area contributed by atoms with Crippen molar-refractivity contribution in [3.63, 3.8) is 0 Å². The number of aromatic nitrogens is 2. The summed E-state index contributed by atoms with van der Waals surface area (Å²) < 4.78 is 1.60. The van der Waals surface area contributed by atoms with Gasteiger partial charge < -0.3 is 10.2 Å². The predicted octanol–water partition coefficient (Wildman–Crippen LogP) is 2.27. The SMILES string of the molecule is CCc1nn(C)c(N2CCN(CC(=O)Nc3cccc(C)c3C)CC2)c1[N+](=O)[O-]. The number of benzene rings is 1. The molecule has 1 aliphatic rings. The predicted molar refractivity (Wildman–Crippen MR) is 112 cm³/mol. The molecule has 9 nitrogen and oxygen atoms in total. The van der Waals surface area contributed by atoms with Crippen LogP contribution < -0.4 is 10.2 Å². The molecule has 0 atom stereocenters. The molecule has 1 amide bonds. The number of hydrogen-bond donors (Lipinski definition) is 1. The van der Waals surface area contributed by atoms with Crippen LogP contribution in [0.4, 0.5) is 17.2 Å². The van der Waals surface area contributed by atoms with E-state index in [1.165, 1.54) is 0 Å². The quantitative estimate of drug-likeness (QED) is 0.590. The molecule has 156 valence electrons. The summed E-state index contributed by atoms with van der Waals surface area (Å²) in [6.07, 6.45) is 0.517. The summed E-state index contributed by atoms with van der Waals surface area (Å²) in [5, 5.41) is 18.9. The third-order valence-corrected chi connectivity index (χ3v) is 5.50. The van der Waals surface area contributed by atoms with E-state index in [9.17, 15) is 14.9 Å². The molecule has 29 heavy (non-hydrogen) atoms. The topological polar surface area (TPSA) is 96.5 Å². The Morgan fingerprint density at radius 3 is 2.55 bits per heavy atom. The highest BCUT2D eigenvalue weighted by Crippen LogP contribution is 2.32. The Hall–Kier alpha value is -2.94. The molecule has 1 aliphatic heterocycles. The fourth-order valence-electron chi connectivity index (χ4n) is 3.73. The minimum absolute atomic E-state index is 0.0491. The van der Waals surface area contributed by atoms with Crippen LogP contribution in [0.25, 0.3) is 0 Å². The van der Waals surface area contributed by atoms with E-state index in [1.807, 2.05) is 43.9 Å². The number of hydrogen-bond acceptors (Lipinski definition) is 6. The number of piperazine rings is 1. The van der Waals surface area contributed by atoms with Gasteiger partial charge in [0.15, 0.2) is 0 Å². The zero-order valence-electron chi connectivity index (χ0n) is 17.4. The summed E-state index contributed by atoms with van der Waals surface area (Å²) in [6.45, 7) is 8.72. The third-order valence-electron chi connectivity index (χ3n) is 5.50. The molecule has 1 aromatic carbocycles. The van der Waals surface area contributed by atoms with Gasteiger partial charge in [0.1, 0.15) is 5.69 Å². The summed E-state index contributed by atoms with van der Waals surface area (Å²) in [4.78, 5) is 27.7. The molecule has 1 N–H and O–H groups in total. The number of nitro groups is 1. The molecule has 2 aromatic rings. The van der Waals surface area contributed by atoms with Crippen molar-refractivity contribution in [3.8, 4) is 0 Å². The number of anilines is 2. The Balaban J connectivity index is 1.61. The van der Waals surface area contributed by atoms with Crippen LogP contribution in [-0.4, -0.2) is 58.2 Å². The van der Waals surface area contributed by atoms with Crippen molar-refractivity contribution < 1.29 is 9.72 Å². The highest BCUT2D eigenvalue weighted by Gasteiger charge is 2.31. The largest absolute Gasteiger partial charge is 0.349 e. The number of amides is 1. The van der Waals surface area contributed by atoms with Crippen LogP contribution in [0.5, 0.6) is 0 Å². The average molecular weight is 400 g/mol. The van der Waals surface area contributed by atoms with Gasteiger partial charge in [0, 0.05) is 38.9 Å². The maximum atomic E-state index is 12.5. The maximum Gasteiger partial charge on any atom is 0.334 e. The van der Waals surface area contributed by atoms with Crippen molar-refractivity contribution in [3.05, 3.63) is 45.1 Å². The summed E-state index contributed by atoms with van der Waals surface area (Å²) >= 11 is 0. The molecule has 1 saturated heterocycles. The average Bonchev–Trinajstić information content (AvgIpc) is 3.03. The Morgan fingerprint density at radius 2 is 1.93 bits per heavy atom. The molecule has 9 heteroatoms. The lowest BCUT2D eigenvalue weighted by molar-refractivity contribution is -0.384. The normalized spacial score (nSPS) is 14.8. The monoisotopic (exact) mass is 400 g/mol. The van der Waals surface area contributed by atoms with E-state index in [4.69, 9.17) is 0 Å². The Morgan fingerprint density at radius 1 is 1.24 bits per heavy atom. The van der Waals surface area contributed by atoms with Crippen molar-refractivity contribution in [2.24, 2.45) is 7.05 Å². The van der Waals surface area contributed by atoms with Crippen molar-refractivity contribution in [1.82, 2.24) is 14.7 Å². The highest BCUT2D eigenvalue weighted by molar-refractivity contribution is 5.93. The van der Waals surface area contributed by atoms with Crippen LogP contribution in [0.1, 0.15) is 23.7 Å². The summed E-state index contributed by atoms with van der Waals surface area (Å²) in [5.74, 6) is 0.498. The molecule has 3 rings (SSSR count). The second-order valence-electron chi connectivity index (χ2n) is 7.41. The van der Waals surface area contributed by atoms with Crippen molar-refractivity contribution in [2.75, 3.05) is 42.9 Å². The van der Waals surface area contributed by atoms with Crippen LogP contribution in [0.2, 0.25) is 0 Å². The number of nitrogens with zero attached hydrogens (tertiary/aromatic N) is 5. The smallest absolute Gasteiger partial charge is 0.334 e.